The molecule has 254 valence electrons. The molecule has 14 heteroatoms. The Kier molecular flexibility index (Phi) is 14.5. The fraction of sp³-hybridized carbons (Fsp3) is 1.00. The van der Waals surface area contributed by atoms with Crippen molar-refractivity contribution in [1.29, 1.82) is 0 Å². The first-order valence-corrected chi connectivity index (χ1v) is 19.6. The summed E-state index contributed by atoms with van der Waals surface area (Å²) in [6.07, 6.45) is 12.9. The van der Waals surface area contributed by atoms with Crippen molar-refractivity contribution in [3.05, 3.63) is 0 Å². The molecule has 0 aliphatic carbocycles. The molecule has 0 aromatic carbocycles. The molecule has 6 atom stereocenters. The minimum absolute atomic E-state index is 0. The molecule has 2 N–H and O–H groups in total. The van der Waals surface area contributed by atoms with Crippen LogP contribution in [0, 0.1) is 0 Å². The molecule has 0 spiro atoms. The van der Waals surface area contributed by atoms with Gasteiger partial charge in [-0.3, -0.25) is 9.11 Å². The average molecular weight is 679 g/mol. The first kappa shape index (κ1) is 39.1. The van der Waals surface area contributed by atoms with Crippen molar-refractivity contribution in [2.24, 2.45) is 0 Å². The first-order chi connectivity index (χ1) is 20.4. The number of hydrogen-bond acceptors (Lipinski definition) is 9. The van der Waals surface area contributed by atoms with Crippen molar-refractivity contribution in [3.8, 4) is 0 Å². The van der Waals surface area contributed by atoms with E-state index >= 15 is 0 Å². The van der Waals surface area contributed by atoms with E-state index in [1.54, 1.807) is 0 Å². The molecule has 4 fully saturated rings. The van der Waals surface area contributed by atoms with Crippen molar-refractivity contribution in [2.75, 3.05) is 26.4 Å². The molecule has 0 amide bonds. The summed E-state index contributed by atoms with van der Waals surface area (Å²) in [4.78, 5) is 0. The average Bonchev–Trinajstić information content (AvgIpc) is 2.83. The molecule has 4 rings (SSSR count). The fourth-order valence-electron chi connectivity index (χ4n) is 7.55. The molecule has 4 heterocycles. The van der Waals surface area contributed by atoms with Gasteiger partial charge < -0.3 is 23.7 Å². The van der Waals surface area contributed by atoms with Crippen LogP contribution in [0.25, 0.3) is 0 Å². The molecule has 0 saturated carbocycles. The van der Waals surface area contributed by atoms with Gasteiger partial charge >= 0.3 is 29.6 Å². The van der Waals surface area contributed by atoms with Crippen molar-refractivity contribution < 1.29 is 49.6 Å². The third-order valence-electron chi connectivity index (χ3n) is 10.2. The van der Waals surface area contributed by atoms with Crippen LogP contribution in [0.1, 0.15) is 129 Å². The van der Waals surface area contributed by atoms with Crippen molar-refractivity contribution in [1.82, 2.24) is 0 Å². The van der Waals surface area contributed by atoms with Crippen LogP contribution in [0.5, 0.6) is 0 Å². The van der Waals surface area contributed by atoms with Gasteiger partial charge in [0.05, 0.1) is 26.4 Å². The second-order valence-electron chi connectivity index (χ2n) is 12.9. The maximum atomic E-state index is 12.9. The summed E-state index contributed by atoms with van der Waals surface area (Å²) in [6.45, 7) is 5.38. The monoisotopic (exact) mass is 678 g/mol. The molecule has 0 radical (unpaired) electrons. The summed E-state index contributed by atoms with van der Waals surface area (Å²) in [7, 11) is -9.13. The number of ether oxygens (including phenoxy) is 5. The van der Waals surface area contributed by atoms with E-state index in [9.17, 15) is 25.9 Å². The van der Waals surface area contributed by atoms with Crippen molar-refractivity contribution in [2.45, 2.75) is 163 Å². The molecular weight excluding hydrogens is 623 g/mol. The van der Waals surface area contributed by atoms with Gasteiger partial charge in [0.25, 0.3) is 20.2 Å². The van der Waals surface area contributed by atoms with E-state index < -0.39 is 53.5 Å². The maximum absolute atomic E-state index is 12.9. The second kappa shape index (κ2) is 16.3. The molecule has 0 aromatic rings. The molecule has 6 unspecified atom stereocenters. The fourth-order valence-corrected chi connectivity index (χ4v) is 10.2. The van der Waals surface area contributed by atoms with Gasteiger partial charge in [0, 0.05) is 25.7 Å². The van der Waals surface area contributed by atoms with Crippen LogP contribution in [0.15, 0.2) is 0 Å². The van der Waals surface area contributed by atoms with E-state index in [1.165, 1.54) is 0 Å². The summed E-state index contributed by atoms with van der Waals surface area (Å²) in [5.41, 5.74) is -2.96. The van der Waals surface area contributed by atoms with Gasteiger partial charge in [0.15, 0.2) is 0 Å². The van der Waals surface area contributed by atoms with Gasteiger partial charge in [-0.25, -0.2) is 0 Å². The standard InChI is InChI=1S/C30H54O11S2.Na.H/c1-3-5-7-9-11-13-15-25(42(31,32)33)27(17-21-37-27)29(19-23-39-29)41-30(20-24-40-30)28(18-22-38-28)26(43(34,35)36)16-14-12-10-8-6-4-2;;/h25-26H,3-24H2,1-2H3,(H,31,32,33)(H,34,35,36);;. The van der Waals surface area contributed by atoms with Crippen LogP contribution in [-0.4, -0.2) is 115 Å². The minimum atomic E-state index is -4.57. The van der Waals surface area contributed by atoms with E-state index in [0.29, 0.717) is 12.8 Å². The SMILES string of the molecule is CCCCCCCCC(C1(C2(OC3(C4(C(CCCCCCCC)S(=O)(=O)O)CCO4)CCO3)CCO2)CCO1)S(=O)(=O)O.[NaH]. The van der Waals surface area contributed by atoms with E-state index in [0.717, 1.165) is 64.2 Å². The third-order valence-corrected chi connectivity index (χ3v) is 12.9. The van der Waals surface area contributed by atoms with Crippen LogP contribution in [-0.2, 0) is 43.9 Å². The Labute approximate surface area is 287 Å². The molecular formula is C30H55NaO11S2. The number of hydrogen-bond donors (Lipinski definition) is 2. The predicted molar refractivity (Wildman–Crippen MR) is 168 cm³/mol. The van der Waals surface area contributed by atoms with Gasteiger partial charge in [-0.15, -0.1) is 0 Å². The Balaban J connectivity index is 0.00000529. The van der Waals surface area contributed by atoms with Gasteiger partial charge in [0.1, 0.15) is 21.7 Å². The number of rotatable bonds is 22. The van der Waals surface area contributed by atoms with E-state index in [1.807, 2.05) is 0 Å². The second-order valence-corrected chi connectivity index (χ2v) is 16.1. The summed E-state index contributed by atoms with van der Waals surface area (Å²) < 4.78 is 104. The normalized spacial score (nSPS) is 33.2. The Morgan fingerprint density at radius 3 is 1.09 bits per heavy atom. The summed E-state index contributed by atoms with van der Waals surface area (Å²) in [6, 6.07) is 0. The van der Waals surface area contributed by atoms with Crippen LogP contribution in [0.2, 0.25) is 0 Å². The van der Waals surface area contributed by atoms with Crippen molar-refractivity contribution in [3.63, 3.8) is 0 Å². The summed E-state index contributed by atoms with van der Waals surface area (Å²) in [5.74, 6) is -3.16. The van der Waals surface area contributed by atoms with Gasteiger partial charge in [-0.1, -0.05) is 90.9 Å². The van der Waals surface area contributed by atoms with Gasteiger partial charge in [-0.05, 0) is 12.8 Å². The van der Waals surface area contributed by atoms with Crippen LogP contribution in [0.3, 0.4) is 0 Å². The number of unbranched alkanes of at least 4 members (excludes halogenated alkanes) is 10. The van der Waals surface area contributed by atoms with Crippen LogP contribution >= 0.6 is 0 Å². The van der Waals surface area contributed by atoms with Gasteiger partial charge in [-0.2, -0.15) is 16.8 Å². The zero-order valence-electron chi connectivity index (χ0n) is 26.1. The molecule has 44 heavy (non-hydrogen) atoms. The zero-order chi connectivity index (χ0) is 31.2. The van der Waals surface area contributed by atoms with Gasteiger partial charge in [0.2, 0.25) is 11.6 Å². The van der Waals surface area contributed by atoms with Crippen molar-refractivity contribution >= 4 is 49.8 Å². The molecule has 0 aromatic heterocycles. The summed E-state index contributed by atoms with van der Waals surface area (Å²) >= 11 is 0. The Hall–Kier alpha value is 0.620. The van der Waals surface area contributed by atoms with Crippen LogP contribution in [0.4, 0.5) is 0 Å². The Morgan fingerprint density at radius 2 is 0.864 bits per heavy atom. The first-order valence-electron chi connectivity index (χ1n) is 16.6. The van der Waals surface area contributed by atoms with E-state index in [-0.39, 0.29) is 94.5 Å². The molecule has 4 aliphatic heterocycles. The van der Waals surface area contributed by atoms with E-state index in [2.05, 4.69) is 13.8 Å². The summed E-state index contributed by atoms with van der Waals surface area (Å²) in [5, 5.41) is -2.56. The van der Waals surface area contributed by atoms with Crippen LogP contribution < -0.4 is 0 Å². The molecule has 11 nitrogen and oxygen atoms in total. The Bertz CT molecular complexity index is 1010. The molecule has 4 aliphatic rings. The molecule has 4 saturated heterocycles. The Morgan fingerprint density at radius 1 is 0.568 bits per heavy atom. The zero-order valence-corrected chi connectivity index (χ0v) is 27.7. The topological polar surface area (TPSA) is 155 Å². The predicted octanol–water partition coefficient (Wildman–Crippen LogP) is 4.92. The molecule has 0 bridgehead atoms. The third kappa shape index (κ3) is 7.91. The quantitative estimate of drug-likeness (QED) is 0.0911. The van der Waals surface area contributed by atoms with E-state index in [4.69, 9.17) is 23.7 Å².